The van der Waals surface area contributed by atoms with Gasteiger partial charge < -0.3 is 16.0 Å². The van der Waals surface area contributed by atoms with Gasteiger partial charge in [-0.05, 0) is 23.8 Å². The van der Waals surface area contributed by atoms with E-state index in [9.17, 15) is 9.65 Å². The first-order valence-corrected chi connectivity index (χ1v) is 9.49. The monoisotopic (exact) mass is 409 g/mol. The first-order valence-electron chi connectivity index (χ1n) is 9.49. The zero-order valence-electron chi connectivity index (χ0n) is 16.2. The zero-order valence-corrected chi connectivity index (χ0v) is 16.2. The van der Waals surface area contributed by atoms with Crippen LogP contribution in [-0.4, -0.2) is 19.5 Å². The largest absolute Gasteiger partial charge is 0.383 e. The molecule has 4 N–H and O–H groups in total. The van der Waals surface area contributed by atoms with Crippen molar-refractivity contribution in [3.8, 4) is 17.2 Å². The molecule has 150 valence electrons. The second-order valence-corrected chi connectivity index (χ2v) is 7.14. The van der Waals surface area contributed by atoms with Crippen LogP contribution in [-0.2, 0) is 6.54 Å². The maximum absolute atomic E-state index is 14.9. The Morgan fingerprint density at radius 1 is 1.00 bits per heavy atom. The Labute approximate surface area is 176 Å². The third kappa shape index (κ3) is 3.09. The van der Waals surface area contributed by atoms with E-state index in [2.05, 4.69) is 21.0 Å². The average molecular weight is 409 g/mol. The summed E-state index contributed by atoms with van der Waals surface area (Å²) >= 11 is 0. The maximum Gasteiger partial charge on any atom is 0.222 e. The predicted molar refractivity (Wildman–Crippen MR) is 117 cm³/mol. The van der Waals surface area contributed by atoms with Gasteiger partial charge in [0, 0.05) is 35.5 Å². The summed E-state index contributed by atoms with van der Waals surface area (Å²) in [6.07, 6.45) is 3.48. The van der Waals surface area contributed by atoms with Gasteiger partial charge in [-0.25, -0.2) is 14.4 Å². The molecule has 0 aliphatic heterocycles. The fraction of sp³-hybridized carbons (Fsp3) is 0.0435. The highest BCUT2D eigenvalue weighted by Gasteiger charge is 2.14. The molecule has 7 nitrogen and oxygen atoms in total. The van der Waals surface area contributed by atoms with E-state index in [1.807, 2.05) is 22.9 Å². The zero-order chi connectivity index (χ0) is 21.5. The molecule has 3 aromatic heterocycles. The Morgan fingerprint density at radius 3 is 2.65 bits per heavy atom. The van der Waals surface area contributed by atoms with Crippen LogP contribution >= 0.6 is 0 Å². The van der Waals surface area contributed by atoms with Crippen molar-refractivity contribution in [3.05, 3.63) is 77.9 Å². The third-order valence-corrected chi connectivity index (χ3v) is 5.22. The number of nitrogen functional groups attached to an aromatic ring is 2. The van der Waals surface area contributed by atoms with Crippen LogP contribution in [0.4, 0.5) is 16.2 Å². The minimum absolute atomic E-state index is 0.0977. The number of rotatable bonds is 3. The van der Waals surface area contributed by atoms with Crippen molar-refractivity contribution in [1.29, 1.82) is 5.26 Å². The molecule has 5 aromatic rings. The van der Waals surface area contributed by atoms with Crippen LogP contribution in [0.25, 0.3) is 33.1 Å². The van der Waals surface area contributed by atoms with Crippen molar-refractivity contribution in [2.75, 3.05) is 11.5 Å². The highest BCUT2D eigenvalue weighted by molar-refractivity contribution is 6.05. The van der Waals surface area contributed by atoms with Gasteiger partial charge in [-0.15, -0.1) is 0 Å². The quantitative estimate of drug-likeness (QED) is 0.467. The summed E-state index contributed by atoms with van der Waals surface area (Å²) in [5.74, 6) is -0.0103. The lowest BCUT2D eigenvalue weighted by atomic mass is 9.98. The second kappa shape index (κ2) is 7.07. The number of aromatic nitrogens is 4. The summed E-state index contributed by atoms with van der Waals surface area (Å²) in [6.45, 7) is 0.412. The molecule has 31 heavy (non-hydrogen) atoms. The Balaban J connectivity index is 1.54. The lowest BCUT2D eigenvalue weighted by molar-refractivity contribution is 0.627. The van der Waals surface area contributed by atoms with Crippen molar-refractivity contribution >= 4 is 33.7 Å². The molecule has 0 spiro atoms. The van der Waals surface area contributed by atoms with E-state index < -0.39 is 0 Å². The van der Waals surface area contributed by atoms with Gasteiger partial charge in [0.05, 0.1) is 22.5 Å². The van der Waals surface area contributed by atoms with Crippen LogP contribution in [0.3, 0.4) is 0 Å². The molecular formula is C23H16FN7. The van der Waals surface area contributed by atoms with Gasteiger partial charge in [0.15, 0.2) is 0 Å². The SMILES string of the molecule is N#Cc1ccccc1-c1ccc(Cn2ccc3c4nc(N)nc(N)c4cnc32)cc1F. The molecule has 2 aromatic carbocycles. The van der Waals surface area contributed by atoms with Gasteiger partial charge in [0.1, 0.15) is 17.3 Å². The van der Waals surface area contributed by atoms with E-state index in [1.54, 1.807) is 36.5 Å². The molecule has 0 radical (unpaired) electrons. The lowest BCUT2D eigenvalue weighted by Crippen LogP contribution is -2.03. The average Bonchev–Trinajstić information content (AvgIpc) is 3.17. The number of pyridine rings is 1. The number of hydrogen-bond donors (Lipinski definition) is 2. The summed E-state index contributed by atoms with van der Waals surface area (Å²) in [5.41, 5.74) is 15.2. The lowest BCUT2D eigenvalue weighted by Gasteiger charge is -2.10. The Kier molecular flexibility index (Phi) is 4.22. The first-order chi connectivity index (χ1) is 15.0. The molecule has 0 aliphatic rings. The summed E-state index contributed by atoms with van der Waals surface area (Å²) in [5, 5.41) is 10.7. The fourth-order valence-corrected chi connectivity index (χ4v) is 3.77. The smallest absolute Gasteiger partial charge is 0.222 e. The summed E-state index contributed by atoms with van der Waals surface area (Å²) in [7, 11) is 0. The predicted octanol–water partition coefficient (Wildman–Crippen LogP) is 3.87. The van der Waals surface area contributed by atoms with Crippen LogP contribution in [0, 0.1) is 17.1 Å². The molecule has 3 heterocycles. The van der Waals surface area contributed by atoms with Crippen LogP contribution in [0.1, 0.15) is 11.1 Å². The first kappa shape index (κ1) is 18.5. The Hall–Kier alpha value is -4.51. The van der Waals surface area contributed by atoms with E-state index >= 15 is 0 Å². The van der Waals surface area contributed by atoms with E-state index in [0.717, 1.165) is 10.9 Å². The van der Waals surface area contributed by atoms with E-state index in [4.69, 9.17) is 11.5 Å². The van der Waals surface area contributed by atoms with Crippen LogP contribution in [0.2, 0.25) is 0 Å². The molecule has 0 amide bonds. The van der Waals surface area contributed by atoms with Gasteiger partial charge in [0.25, 0.3) is 0 Å². The number of nitrogens with zero attached hydrogens (tertiary/aromatic N) is 5. The van der Waals surface area contributed by atoms with Crippen molar-refractivity contribution in [3.63, 3.8) is 0 Å². The minimum atomic E-state index is -0.386. The van der Waals surface area contributed by atoms with Crippen molar-refractivity contribution in [2.45, 2.75) is 6.54 Å². The van der Waals surface area contributed by atoms with Crippen LogP contribution in [0.15, 0.2) is 60.9 Å². The highest BCUT2D eigenvalue weighted by Crippen LogP contribution is 2.29. The Morgan fingerprint density at radius 2 is 1.84 bits per heavy atom. The summed E-state index contributed by atoms with van der Waals surface area (Å²) in [6, 6.07) is 16.0. The van der Waals surface area contributed by atoms with Crippen LogP contribution < -0.4 is 11.5 Å². The van der Waals surface area contributed by atoms with Crippen LogP contribution in [0.5, 0.6) is 0 Å². The number of fused-ring (bicyclic) bond motifs is 3. The molecular weight excluding hydrogens is 393 g/mol. The van der Waals surface area contributed by atoms with Crippen molar-refractivity contribution in [1.82, 2.24) is 19.5 Å². The van der Waals surface area contributed by atoms with Crippen molar-refractivity contribution < 1.29 is 4.39 Å². The standard InChI is InChI=1S/C23H16FN7/c24-19-9-13(5-6-16(19)15-4-2-1-3-14(15)10-25)12-31-8-7-17-20-18(11-28-22(17)31)21(26)30-23(27)29-20/h1-9,11H,12H2,(H4,26,27,29,30). The Bertz CT molecular complexity index is 1510. The normalized spacial score (nSPS) is 11.1. The van der Waals surface area contributed by atoms with Gasteiger partial charge in [0.2, 0.25) is 5.95 Å². The third-order valence-electron chi connectivity index (χ3n) is 5.22. The van der Waals surface area contributed by atoms with E-state index in [-0.39, 0.29) is 17.6 Å². The van der Waals surface area contributed by atoms with Gasteiger partial charge in [-0.1, -0.05) is 30.3 Å². The fourth-order valence-electron chi connectivity index (χ4n) is 3.77. The number of benzene rings is 2. The number of anilines is 2. The maximum atomic E-state index is 14.9. The molecule has 0 unspecified atom stereocenters. The summed E-state index contributed by atoms with van der Waals surface area (Å²) in [4.78, 5) is 12.8. The van der Waals surface area contributed by atoms with Crippen molar-refractivity contribution in [2.24, 2.45) is 0 Å². The van der Waals surface area contributed by atoms with Gasteiger partial charge in [-0.3, -0.25) is 0 Å². The number of halogens is 1. The molecule has 0 aliphatic carbocycles. The number of hydrogen-bond acceptors (Lipinski definition) is 6. The number of nitriles is 1. The molecule has 0 bridgehead atoms. The minimum Gasteiger partial charge on any atom is -0.383 e. The summed E-state index contributed by atoms with van der Waals surface area (Å²) < 4.78 is 16.8. The molecule has 0 atom stereocenters. The second-order valence-electron chi connectivity index (χ2n) is 7.14. The van der Waals surface area contributed by atoms with E-state index in [1.165, 1.54) is 6.07 Å². The molecule has 5 rings (SSSR count). The topological polar surface area (TPSA) is 119 Å². The molecule has 0 saturated carbocycles. The number of nitrogens with two attached hydrogens (primary N) is 2. The van der Waals surface area contributed by atoms with Gasteiger partial charge >= 0.3 is 0 Å². The van der Waals surface area contributed by atoms with E-state index in [0.29, 0.717) is 39.8 Å². The molecule has 8 heteroatoms. The van der Waals surface area contributed by atoms with Gasteiger partial charge in [-0.2, -0.15) is 10.2 Å². The highest BCUT2D eigenvalue weighted by atomic mass is 19.1. The molecule has 0 fully saturated rings. The molecule has 0 saturated heterocycles.